The molecule has 1 saturated heterocycles. The van der Waals surface area contributed by atoms with Gasteiger partial charge in [-0.1, -0.05) is 18.8 Å². The van der Waals surface area contributed by atoms with E-state index < -0.39 is 6.09 Å². The van der Waals surface area contributed by atoms with E-state index in [1.807, 2.05) is 31.2 Å². The highest BCUT2D eigenvalue weighted by atomic mass is 16.5. The number of methoxy groups -OCH3 is 1. The summed E-state index contributed by atoms with van der Waals surface area (Å²) in [6.45, 7) is 3.87. The highest BCUT2D eigenvalue weighted by Crippen LogP contribution is 2.31. The number of hydrogen-bond donors (Lipinski definition) is 4. The predicted molar refractivity (Wildman–Crippen MR) is 155 cm³/mol. The van der Waals surface area contributed by atoms with Crippen molar-refractivity contribution in [2.24, 2.45) is 0 Å². The first-order valence-corrected chi connectivity index (χ1v) is 13.7. The van der Waals surface area contributed by atoms with Gasteiger partial charge in [0, 0.05) is 24.2 Å². The van der Waals surface area contributed by atoms with Crippen LogP contribution in [0.5, 0.6) is 0 Å². The molecule has 3 amide bonds. The molecule has 1 aromatic carbocycles. The molecular weight excluding hydrogens is 536 g/mol. The highest BCUT2D eigenvalue weighted by molar-refractivity contribution is 5.83. The van der Waals surface area contributed by atoms with Crippen LogP contribution in [0.2, 0.25) is 0 Å². The van der Waals surface area contributed by atoms with Crippen molar-refractivity contribution >= 4 is 17.9 Å². The molecule has 1 fully saturated rings. The molecule has 1 atom stereocenters. The number of ether oxygens (including phenoxy) is 1. The molecule has 12 nitrogen and oxygen atoms in total. The van der Waals surface area contributed by atoms with Crippen molar-refractivity contribution in [3.05, 3.63) is 70.8 Å². The summed E-state index contributed by atoms with van der Waals surface area (Å²) in [5.74, 6) is 13.6. The fraction of sp³-hybridized carbons (Fsp3) is 0.367. The monoisotopic (exact) mass is 570 g/mol. The summed E-state index contributed by atoms with van der Waals surface area (Å²) in [6, 6.07) is 7.40. The third-order valence-electron chi connectivity index (χ3n) is 6.53. The van der Waals surface area contributed by atoms with Crippen LogP contribution in [0.3, 0.4) is 0 Å². The molecule has 3 heterocycles. The van der Waals surface area contributed by atoms with E-state index in [4.69, 9.17) is 0 Å². The molecule has 1 aliphatic rings. The van der Waals surface area contributed by atoms with Crippen molar-refractivity contribution in [2.75, 3.05) is 40.3 Å². The summed E-state index contributed by atoms with van der Waals surface area (Å²) in [5, 5.41) is 5.30. The van der Waals surface area contributed by atoms with Crippen LogP contribution in [0, 0.1) is 23.7 Å². The van der Waals surface area contributed by atoms with Gasteiger partial charge in [-0.25, -0.2) is 14.8 Å². The number of aromatic nitrogens is 4. The van der Waals surface area contributed by atoms with Crippen LogP contribution >= 0.6 is 0 Å². The minimum Gasteiger partial charge on any atom is -0.453 e. The lowest BCUT2D eigenvalue weighted by molar-refractivity contribution is -0.138. The molecule has 12 heteroatoms. The van der Waals surface area contributed by atoms with E-state index in [0.717, 1.165) is 24.0 Å². The Bertz CT molecular complexity index is 1520. The number of hydrogen-bond acceptors (Lipinski definition) is 7. The number of likely N-dealkylation sites (tertiary alicyclic amines) is 1. The largest absolute Gasteiger partial charge is 0.453 e. The molecule has 0 saturated carbocycles. The molecule has 1 unspecified atom stereocenters. The Kier molecular flexibility index (Phi) is 10.3. The lowest BCUT2D eigenvalue weighted by Gasteiger charge is -2.39. The van der Waals surface area contributed by atoms with Crippen molar-refractivity contribution < 1.29 is 19.1 Å². The molecule has 42 heavy (non-hydrogen) atoms. The van der Waals surface area contributed by atoms with Crippen molar-refractivity contribution in [3.8, 4) is 23.7 Å². The zero-order valence-electron chi connectivity index (χ0n) is 23.9. The maximum atomic E-state index is 12.4. The van der Waals surface area contributed by atoms with Gasteiger partial charge in [-0.15, -0.1) is 0 Å². The lowest BCUT2D eigenvalue weighted by Crippen LogP contribution is -2.49. The summed E-state index contributed by atoms with van der Waals surface area (Å²) >= 11 is 0. The zero-order valence-corrected chi connectivity index (χ0v) is 23.9. The fourth-order valence-electron chi connectivity index (χ4n) is 4.29. The summed E-state index contributed by atoms with van der Waals surface area (Å²) in [4.78, 5) is 54.4. The van der Waals surface area contributed by atoms with Gasteiger partial charge in [0.2, 0.25) is 11.8 Å². The summed E-state index contributed by atoms with van der Waals surface area (Å²) in [5.41, 5.74) is 2.96. The maximum absolute atomic E-state index is 12.4. The van der Waals surface area contributed by atoms with Crippen LogP contribution in [0.15, 0.2) is 36.7 Å². The smallest absolute Gasteiger partial charge is 0.407 e. The zero-order chi connectivity index (χ0) is 29.9. The number of imidazole rings is 2. The summed E-state index contributed by atoms with van der Waals surface area (Å²) in [6.07, 6.45) is 4.32. The van der Waals surface area contributed by atoms with Crippen molar-refractivity contribution in [3.63, 3.8) is 0 Å². The second-order valence-electron chi connectivity index (χ2n) is 9.59. The molecular formula is C30H34N8O4. The summed E-state index contributed by atoms with van der Waals surface area (Å²) < 4.78 is 4.50. The molecule has 2 aromatic heterocycles. The number of amides is 3. The first-order chi connectivity index (χ1) is 20.4. The molecule has 3 aromatic rings. The molecule has 4 N–H and O–H groups in total. The van der Waals surface area contributed by atoms with Gasteiger partial charge in [0.1, 0.15) is 29.6 Å². The standard InChI is InChI=1S/C30H34N8O4/c1-4-14-37(27(39)18-31-2)20-26-32-16-23(35-26)11-9-21-5-7-22(8-6-21)10-12-24-17-33-29(36-24)25-13-15-38(25)28(40)19-34-30(41)42-3/h5-8,16-17,25,31H,4,13-15,18-20H2,1-3H3,(H,32,35)(H,33,36)(H,34,41). The van der Waals surface area contributed by atoms with Gasteiger partial charge in [0.25, 0.3) is 0 Å². The number of benzene rings is 1. The van der Waals surface area contributed by atoms with E-state index >= 15 is 0 Å². The Labute approximate surface area is 244 Å². The Hall–Kier alpha value is -5.07. The third kappa shape index (κ3) is 7.99. The van der Waals surface area contributed by atoms with Crippen molar-refractivity contribution in [1.82, 2.24) is 40.4 Å². The van der Waals surface area contributed by atoms with Crippen molar-refractivity contribution in [2.45, 2.75) is 32.4 Å². The van der Waals surface area contributed by atoms with E-state index in [-0.39, 0.29) is 30.9 Å². The Morgan fingerprint density at radius 3 is 2.29 bits per heavy atom. The lowest BCUT2D eigenvalue weighted by atomic mass is 10.0. The summed E-state index contributed by atoms with van der Waals surface area (Å²) in [7, 11) is 3.00. The number of likely N-dealkylation sites (N-methyl/N-ethyl adjacent to an activating group) is 1. The molecule has 218 valence electrons. The Morgan fingerprint density at radius 2 is 1.69 bits per heavy atom. The van der Waals surface area contributed by atoms with Crippen LogP contribution in [0.1, 0.15) is 60.0 Å². The molecule has 1 aliphatic heterocycles. The van der Waals surface area contributed by atoms with Crippen LogP contribution in [-0.2, 0) is 20.9 Å². The molecule has 0 radical (unpaired) electrons. The molecule has 0 spiro atoms. The molecule has 0 bridgehead atoms. The van der Waals surface area contributed by atoms with Crippen LogP contribution in [0.25, 0.3) is 0 Å². The van der Waals surface area contributed by atoms with E-state index in [0.29, 0.717) is 42.7 Å². The van der Waals surface area contributed by atoms with Crippen LogP contribution in [0.4, 0.5) is 4.79 Å². The Morgan fingerprint density at radius 1 is 1.02 bits per heavy atom. The average Bonchev–Trinajstić information content (AvgIpc) is 3.63. The van der Waals surface area contributed by atoms with Gasteiger partial charge < -0.3 is 35.1 Å². The van der Waals surface area contributed by atoms with Crippen molar-refractivity contribution in [1.29, 1.82) is 0 Å². The van der Waals surface area contributed by atoms with E-state index in [2.05, 4.69) is 59.0 Å². The van der Waals surface area contributed by atoms with Crippen LogP contribution < -0.4 is 10.6 Å². The Balaban J connectivity index is 1.32. The second kappa shape index (κ2) is 14.5. The van der Waals surface area contributed by atoms with Gasteiger partial charge in [-0.2, -0.15) is 0 Å². The van der Waals surface area contributed by atoms with Gasteiger partial charge in [0.15, 0.2) is 0 Å². The number of carbonyl (C=O) groups excluding carboxylic acids is 3. The number of aromatic amines is 2. The van der Waals surface area contributed by atoms with E-state index in [9.17, 15) is 14.4 Å². The van der Waals surface area contributed by atoms with Crippen LogP contribution in [-0.4, -0.2) is 88.0 Å². The minimum absolute atomic E-state index is 0.0304. The maximum Gasteiger partial charge on any atom is 0.407 e. The van der Waals surface area contributed by atoms with E-state index in [1.54, 1.807) is 29.2 Å². The average molecular weight is 571 g/mol. The minimum atomic E-state index is -0.646. The third-order valence-corrected chi connectivity index (χ3v) is 6.53. The first-order valence-electron chi connectivity index (χ1n) is 13.7. The number of carbonyl (C=O) groups is 3. The quantitative estimate of drug-likeness (QED) is 0.285. The number of nitrogens with one attached hydrogen (secondary N) is 4. The SMILES string of the molecule is CCCN(Cc1ncc(C#Cc2ccc(C#Cc3cnc(C4CCN4C(=O)CNC(=O)OC)[nH]3)cc2)[nH]1)C(=O)CNC. The van der Waals surface area contributed by atoms with Gasteiger partial charge >= 0.3 is 6.09 Å². The fourth-order valence-corrected chi connectivity index (χ4v) is 4.29. The number of alkyl carbamates (subject to hydrolysis) is 1. The second-order valence-corrected chi connectivity index (χ2v) is 9.59. The van der Waals surface area contributed by atoms with Gasteiger partial charge in [-0.3, -0.25) is 9.59 Å². The molecule has 4 rings (SSSR count). The van der Waals surface area contributed by atoms with Gasteiger partial charge in [-0.05, 0) is 56.0 Å². The van der Waals surface area contributed by atoms with Gasteiger partial charge in [0.05, 0.1) is 38.6 Å². The number of nitrogens with zero attached hydrogens (tertiary/aromatic N) is 4. The molecule has 0 aliphatic carbocycles. The number of rotatable bonds is 9. The van der Waals surface area contributed by atoms with E-state index in [1.165, 1.54) is 7.11 Å². The topological polar surface area (TPSA) is 148 Å². The number of H-pyrrole nitrogens is 2. The normalized spacial score (nSPS) is 13.6. The predicted octanol–water partition coefficient (Wildman–Crippen LogP) is 1.52. The highest BCUT2D eigenvalue weighted by Gasteiger charge is 2.35. The first kappa shape index (κ1) is 29.9.